The van der Waals surface area contributed by atoms with Crippen molar-refractivity contribution >= 4 is 18.5 Å². The third-order valence-electron chi connectivity index (χ3n) is 4.14. The minimum Gasteiger partial charge on any atom is -0.457 e. The van der Waals surface area contributed by atoms with Crippen LogP contribution in [0.2, 0.25) is 0 Å². The lowest BCUT2D eigenvalue weighted by Gasteiger charge is -2.22. The molecule has 0 aliphatic carbocycles. The van der Waals surface area contributed by atoms with E-state index in [1.807, 2.05) is 0 Å². The Bertz CT molecular complexity index is 846. The van der Waals surface area contributed by atoms with Crippen molar-refractivity contribution in [3.63, 3.8) is 0 Å². The molecule has 4 nitrogen and oxygen atoms in total. The maximum absolute atomic E-state index is 12.9. The Morgan fingerprint density at radius 1 is 0.806 bits per heavy atom. The zero-order valence-corrected chi connectivity index (χ0v) is 16.7. The number of benzene rings is 2. The second-order valence-electron chi connectivity index (χ2n) is 6.70. The summed E-state index contributed by atoms with van der Waals surface area (Å²) in [7, 11) is 0. The number of hydrogen-bond donors (Lipinski definition) is 3. The molecule has 0 radical (unpaired) electrons. The highest BCUT2D eigenvalue weighted by atomic mass is 35.5. The molecule has 0 spiro atoms. The molecular weight excluding hydrogens is 452 g/mol. The lowest BCUT2D eigenvalue weighted by atomic mass is 9.98. The maximum Gasteiger partial charge on any atom is 0.416 e. The van der Waals surface area contributed by atoms with Gasteiger partial charge in [0, 0.05) is 0 Å². The van der Waals surface area contributed by atoms with Gasteiger partial charge in [-0.2, -0.15) is 26.3 Å². The van der Waals surface area contributed by atoms with E-state index in [9.17, 15) is 26.3 Å². The number of rotatable bonds is 7. The fourth-order valence-corrected chi connectivity index (χ4v) is 2.38. The van der Waals surface area contributed by atoms with Crippen LogP contribution >= 0.6 is 12.4 Å². The average molecular weight is 472 g/mol. The minimum absolute atomic E-state index is 0. The lowest BCUT2D eigenvalue weighted by Crippen LogP contribution is -2.46. The fourth-order valence-electron chi connectivity index (χ4n) is 2.38. The maximum atomic E-state index is 12.9. The summed E-state index contributed by atoms with van der Waals surface area (Å²) in [5.41, 5.74) is 2.26. The van der Waals surface area contributed by atoms with Crippen molar-refractivity contribution in [2.75, 3.05) is 13.2 Å². The summed E-state index contributed by atoms with van der Waals surface area (Å²) in [6.07, 6.45) is -6.50. The summed E-state index contributed by atoms with van der Waals surface area (Å²) in [6, 6.07) is 6.82. The van der Waals surface area contributed by atoms with Crippen LogP contribution in [-0.4, -0.2) is 29.0 Å². The number of halogens is 7. The van der Waals surface area contributed by atoms with Gasteiger partial charge in [0.1, 0.15) is 11.5 Å². The molecule has 2 rings (SSSR count). The van der Waals surface area contributed by atoms with Crippen LogP contribution in [0.1, 0.15) is 23.1 Å². The molecule has 0 saturated heterocycles. The molecule has 2 aromatic carbocycles. The Kier molecular flexibility index (Phi) is 8.95. The molecule has 0 amide bonds. The van der Waals surface area contributed by atoms with Crippen LogP contribution in [0, 0.1) is 0 Å². The highest BCUT2D eigenvalue weighted by molar-refractivity contribution is 5.85. The molecule has 0 aromatic heterocycles. The van der Waals surface area contributed by atoms with E-state index in [0.29, 0.717) is 17.7 Å². The summed E-state index contributed by atoms with van der Waals surface area (Å²) in [5.74, 6) is -0.558. The Balaban J connectivity index is 0.00000480. The van der Waals surface area contributed by atoms with Gasteiger partial charge in [0.05, 0.1) is 29.9 Å². The van der Waals surface area contributed by atoms with Gasteiger partial charge in [0.15, 0.2) is 0 Å². The number of nitrogens with two attached hydrogens (primary N) is 1. The molecule has 172 valence electrons. The molecule has 0 aliphatic rings. The van der Waals surface area contributed by atoms with Crippen LogP contribution in [0.25, 0.3) is 6.08 Å². The summed E-state index contributed by atoms with van der Waals surface area (Å²) < 4.78 is 82.7. The average Bonchev–Trinajstić information content (AvgIpc) is 2.67. The Hall–Kier alpha value is -2.27. The first-order chi connectivity index (χ1) is 13.9. The van der Waals surface area contributed by atoms with Crippen LogP contribution in [0.4, 0.5) is 26.3 Å². The van der Waals surface area contributed by atoms with E-state index in [-0.39, 0.29) is 30.6 Å². The van der Waals surface area contributed by atoms with Crippen LogP contribution in [-0.2, 0) is 12.4 Å². The van der Waals surface area contributed by atoms with Gasteiger partial charge in [-0.15, -0.1) is 12.4 Å². The monoisotopic (exact) mass is 471 g/mol. The van der Waals surface area contributed by atoms with Gasteiger partial charge < -0.3 is 20.7 Å². The van der Waals surface area contributed by atoms with E-state index in [4.69, 9.17) is 20.7 Å². The molecule has 0 fully saturated rings. The standard InChI is InChI=1S/C20H19F6NO3.ClH/c21-19(22,23)14-8-15(20(24,25)26)10-17(9-14)30-16-5-3-13(4-6-16)2-1-7-18(27,11-28)12-29;/h1-6,8-10,28-29H,7,11-12,27H2;1H. The molecule has 0 aliphatic heterocycles. The highest BCUT2D eigenvalue weighted by Crippen LogP contribution is 2.39. The first kappa shape index (κ1) is 26.8. The molecule has 0 atom stereocenters. The SMILES string of the molecule is Cl.NC(CO)(CO)CC=Cc1ccc(Oc2cc(C(F)(F)F)cc(C(F)(F)F)c2)cc1. The number of aliphatic hydroxyl groups excluding tert-OH is 2. The van der Waals surface area contributed by atoms with Crippen LogP contribution in [0.5, 0.6) is 11.5 Å². The third kappa shape index (κ3) is 7.73. The van der Waals surface area contributed by atoms with Crippen molar-refractivity contribution in [3.8, 4) is 11.5 Å². The van der Waals surface area contributed by atoms with E-state index in [2.05, 4.69) is 0 Å². The van der Waals surface area contributed by atoms with Crippen molar-refractivity contribution in [1.82, 2.24) is 0 Å². The van der Waals surface area contributed by atoms with Gasteiger partial charge >= 0.3 is 12.4 Å². The van der Waals surface area contributed by atoms with Gasteiger partial charge in [-0.25, -0.2) is 0 Å². The number of alkyl halides is 6. The van der Waals surface area contributed by atoms with Crippen LogP contribution < -0.4 is 10.5 Å². The Morgan fingerprint density at radius 2 is 1.29 bits per heavy atom. The van der Waals surface area contributed by atoms with Gasteiger partial charge in [-0.05, 0) is 42.3 Å². The lowest BCUT2D eigenvalue weighted by molar-refractivity contribution is -0.143. The molecule has 4 N–H and O–H groups in total. The van der Waals surface area contributed by atoms with Crippen LogP contribution in [0.3, 0.4) is 0 Å². The summed E-state index contributed by atoms with van der Waals surface area (Å²) in [5, 5.41) is 18.2. The normalized spacial score (nSPS) is 12.7. The van der Waals surface area contributed by atoms with Crippen molar-refractivity contribution in [3.05, 3.63) is 65.2 Å². The van der Waals surface area contributed by atoms with Crippen LogP contribution in [0.15, 0.2) is 48.5 Å². The van der Waals surface area contributed by atoms with Gasteiger partial charge in [0.25, 0.3) is 0 Å². The molecule has 0 saturated carbocycles. The minimum atomic E-state index is -4.96. The molecule has 0 heterocycles. The second-order valence-corrected chi connectivity index (χ2v) is 6.70. The quantitative estimate of drug-likeness (QED) is 0.495. The Labute approximate surface area is 180 Å². The van der Waals surface area contributed by atoms with E-state index >= 15 is 0 Å². The van der Waals surface area contributed by atoms with Gasteiger partial charge in [-0.1, -0.05) is 24.3 Å². The summed E-state index contributed by atoms with van der Waals surface area (Å²) >= 11 is 0. The number of hydrogen-bond acceptors (Lipinski definition) is 4. The van der Waals surface area contributed by atoms with Crippen molar-refractivity contribution in [2.24, 2.45) is 5.73 Å². The Morgan fingerprint density at radius 3 is 1.71 bits per heavy atom. The zero-order valence-electron chi connectivity index (χ0n) is 15.9. The zero-order chi connectivity index (χ0) is 22.6. The largest absolute Gasteiger partial charge is 0.457 e. The fraction of sp³-hybridized carbons (Fsp3) is 0.300. The van der Waals surface area contributed by atoms with Crippen molar-refractivity contribution < 1.29 is 41.3 Å². The predicted octanol–water partition coefficient (Wildman–Crippen LogP) is 5.02. The molecular formula is C20H20ClF6NO3. The summed E-state index contributed by atoms with van der Waals surface area (Å²) in [4.78, 5) is 0. The second kappa shape index (κ2) is 10.4. The van der Waals surface area contributed by atoms with Gasteiger partial charge in [0.2, 0.25) is 0 Å². The molecule has 0 unspecified atom stereocenters. The molecule has 31 heavy (non-hydrogen) atoms. The number of ether oxygens (including phenoxy) is 1. The molecule has 2 aromatic rings. The van der Waals surface area contributed by atoms with Crippen molar-refractivity contribution in [1.29, 1.82) is 0 Å². The van der Waals surface area contributed by atoms with E-state index in [0.717, 1.165) is 0 Å². The predicted molar refractivity (Wildman–Crippen MR) is 105 cm³/mol. The molecule has 11 heteroatoms. The number of aliphatic hydroxyl groups is 2. The third-order valence-corrected chi connectivity index (χ3v) is 4.14. The smallest absolute Gasteiger partial charge is 0.416 e. The van der Waals surface area contributed by atoms with Gasteiger partial charge in [-0.3, -0.25) is 0 Å². The molecule has 0 bridgehead atoms. The first-order valence-corrected chi connectivity index (χ1v) is 8.61. The first-order valence-electron chi connectivity index (χ1n) is 8.61. The van der Waals surface area contributed by atoms with E-state index < -0.39 is 48.0 Å². The topological polar surface area (TPSA) is 75.7 Å². The van der Waals surface area contributed by atoms with Crippen molar-refractivity contribution in [2.45, 2.75) is 24.3 Å². The summed E-state index contributed by atoms with van der Waals surface area (Å²) in [6.45, 7) is -0.838. The highest BCUT2D eigenvalue weighted by Gasteiger charge is 2.37. The van der Waals surface area contributed by atoms with E-state index in [1.165, 1.54) is 24.3 Å². The van der Waals surface area contributed by atoms with E-state index in [1.54, 1.807) is 12.2 Å².